The van der Waals surface area contributed by atoms with Crippen LogP contribution in [0.1, 0.15) is 57.7 Å². The molecule has 1 aromatic heterocycles. The highest BCUT2D eigenvalue weighted by atomic mass is 19.1. The molecule has 0 radical (unpaired) electrons. The fourth-order valence-electron chi connectivity index (χ4n) is 5.17. The number of halogens is 1. The van der Waals surface area contributed by atoms with E-state index < -0.39 is 0 Å². The number of rotatable bonds is 7. The third kappa shape index (κ3) is 7.01. The zero-order valence-electron chi connectivity index (χ0n) is 22.3. The largest absolute Gasteiger partial charge is 0.490 e. The van der Waals surface area contributed by atoms with Crippen LogP contribution < -0.4 is 10.1 Å². The lowest BCUT2D eigenvalue weighted by Crippen LogP contribution is -2.48. The van der Waals surface area contributed by atoms with E-state index in [9.17, 15) is 14.0 Å². The number of benzene rings is 2. The fraction of sp³-hybridized carbons (Fsp3) is 0.355. The Hall–Kier alpha value is -4.29. The number of aromatic nitrogens is 1. The molecule has 2 amide bonds. The first kappa shape index (κ1) is 27.3. The van der Waals surface area contributed by atoms with Crippen molar-refractivity contribution in [1.29, 1.82) is 5.26 Å². The van der Waals surface area contributed by atoms with E-state index in [-0.39, 0.29) is 29.8 Å². The van der Waals surface area contributed by atoms with E-state index in [4.69, 9.17) is 10.00 Å². The standard InChI is InChI=1S/C31H32FN5O3/c32-25-6-1-23(2-7-25)21-36-15-17-37(18-16-36)31(39)29-14-5-24(20-34-29)30(38)35-26-8-12-28(13-9-26)40-27-10-3-22(19-33)4-11-27/h1-7,10-11,14,20,26,28H,8-9,12-13,15-18,21H2,(H,35,38)/t26-,28+. The van der Waals surface area contributed by atoms with E-state index in [0.29, 0.717) is 29.9 Å². The summed E-state index contributed by atoms with van der Waals surface area (Å²) in [6.07, 6.45) is 4.82. The molecule has 2 aromatic carbocycles. The first-order chi connectivity index (χ1) is 19.5. The molecule has 2 heterocycles. The maximum absolute atomic E-state index is 13.1. The molecule has 0 unspecified atom stereocenters. The van der Waals surface area contributed by atoms with Crippen molar-refractivity contribution in [3.63, 3.8) is 0 Å². The molecule has 40 heavy (non-hydrogen) atoms. The predicted molar refractivity (Wildman–Crippen MR) is 147 cm³/mol. The molecule has 0 atom stereocenters. The summed E-state index contributed by atoms with van der Waals surface area (Å²) in [5.74, 6) is 0.162. The van der Waals surface area contributed by atoms with Crippen LogP contribution in [0.2, 0.25) is 0 Å². The third-order valence-electron chi connectivity index (χ3n) is 7.52. The van der Waals surface area contributed by atoms with Gasteiger partial charge >= 0.3 is 0 Å². The van der Waals surface area contributed by atoms with Crippen molar-refractivity contribution in [2.24, 2.45) is 0 Å². The lowest BCUT2D eigenvalue weighted by atomic mass is 9.92. The van der Waals surface area contributed by atoms with E-state index in [1.807, 2.05) is 12.1 Å². The number of ether oxygens (including phenoxy) is 1. The number of nitrogens with zero attached hydrogens (tertiary/aromatic N) is 4. The average molecular weight is 542 g/mol. The van der Waals surface area contributed by atoms with Gasteiger partial charge in [0.15, 0.2) is 0 Å². The molecule has 8 nitrogen and oxygen atoms in total. The quantitative estimate of drug-likeness (QED) is 0.482. The topological polar surface area (TPSA) is 98.6 Å². The number of hydrogen-bond donors (Lipinski definition) is 1. The molecule has 206 valence electrons. The maximum atomic E-state index is 13.1. The van der Waals surface area contributed by atoms with Gasteiger partial charge in [0.2, 0.25) is 0 Å². The summed E-state index contributed by atoms with van der Waals surface area (Å²) in [4.78, 5) is 34.1. The highest BCUT2D eigenvalue weighted by Crippen LogP contribution is 2.24. The monoisotopic (exact) mass is 541 g/mol. The van der Waals surface area contributed by atoms with Gasteiger partial charge in [0, 0.05) is 45.0 Å². The maximum Gasteiger partial charge on any atom is 0.272 e. The predicted octanol–water partition coefficient (Wildman–Crippen LogP) is 4.17. The molecule has 1 aliphatic carbocycles. The molecule has 1 aliphatic heterocycles. The summed E-state index contributed by atoms with van der Waals surface area (Å²) in [6, 6.07) is 19.0. The second-order valence-electron chi connectivity index (χ2n) is 10.3. The van der Waals surface area contributed by atoms with Crippen LogP contribution in [0.15, 0.2) is 66.9 Å². The van der Waals surface area contributed by atoms with Crippen LogP contribution >= 0.6 is 0 Å². The Morgan fingerprint density at radius 1 is 0.950 bits per heavy atom. The Kier molecular flexibility index (Phi) is 8.67. The Labute approximate surface area is 233 Å². The third-order valence-corrected chi connectivity index (χ3v) is 7.52. The number of amides is 2. The van der Waals surface area contributed by atoms with Crippen LogP contribution in [0.4, 0.5) is 4.39 Å². The zero-order valence-corrected chi connectivity index (χ0v) is 22.3. The molecule has 1 saturated carbocycles. The Balaban J connectivity index is 1.05. The fourth-order valence-corrected chi connectivity index (χ4v) is 5.17. The molecular weight excluding hydrogens is 509 g/mol. The van der Waals surface area contributed by atoms with Gasteiger partial charge in [-0.2, -0.15) is 5.26 Å². The highest BCUT2D eigenvalue weighted by Gasteiger charge is 2.25. The number of nitriles is 1. The summed E-state index contributed by atoms with van der Waals surface area (Å²) in [7, 11) is 0. The van der Waals surface area contributed by atoms with Crippen LogP contribution in [0.25, 0.3) is 0 Å². The Morgan fingerprint density at radius 3 is 2.27 bits per heavy atom. The normalized spacial score (nSPS) is 19.4. The zero-order chi connectivity index (χ0) is 27.9. The highest BCUT2D eigenvalue weighted by molar-refractivity contribution is 5.96. The van der Waals surface area contributed by atoms with Gasteiger partial charge in [-0.3, -0.25) is 19.5 Å². The molecule has 0 bridgehead atoms. The lowest BCUT2D eigenvalue weighted by Gasteiger charge is -2.34. The van der Waals surface area contributed by atoms with E-state index in [0.717, 1.165) is 56.6 Å². The average Bonchev–Trinajstić information content (AvgIpc) is 3.00. The molecule has 2 aliphatic rings. The van der Waals surface area contributed by atoms with Gasteiger partial charge in [-0.25, -0.2) is 4.39 Å². The van der Waals surface area contributed by atoms with Crippen molar-refractivity contribution in [2.75, 3.05) is 26.2 Å². The minimum atomic E-state index is -0.246. The van der Waals surface area contributed by atoms with Gasteiger partial charge in [-0.15, -0.1) is 0 Å². The minimum absolute atomic E-state index is 0.0563. The number of hydrogen-bond acceptors (Lipinski definition) is 6. The first-order valence-electron chi connectivity index (χ1n) is 13.7. The van der Waals surface area contributed by atoms with E-state index in [1.165, 1.54) is 18.3 Å². The summed E-state index contributed by atoms with van der Waals surface area (Å²) < 4.78 is 19.2. The van der Waals surface area contributed by atoms with Crippen molar-refractivity contribution < 1.29 is 18.7 Å². The second-order valence-corrected chi connectivity index (χ2v) is 10.3. The molecule has 2 fully saturated rings. The number of piperazine rings is 1. The van der Waals surface area contributed by atoms with Crippen molar-refractivity contribution in [3.05, 3.63) is 95.1 Å². The Morgan fingerprint density at radius 2 is 1.65 bits per heavy atom. The van der Waals surface area contributed by atoms with E-state index in [1.54, 1.807) is 41.3 Å². The van der Waals surface area contributed by atoms with Gasteiger partial charge in [0.05, 0.1) is 23.3 Å². The minimum Gasteiger partial charge on any atom is -0.490 e. The van der Waals surface area contributed by atoms with Gasteiger partial charge in [-0.1, -0.05) is 12.1 Å². The van der Waals surface area contributed by atoms with Crippen molar-refractivity contribution >= 4 is 11.8 Å². The van der Waals surface area contributed by atoms with Crippen LogP contribution in [0.3, 0.4) is 0 Å². The van der Waals surface area contributed by atoms with Crippen molar-refractivity contribution in [3.8, 4) is 11.8 Å². The van der Waals surface area contributed by atoms with Crippen LogP contribution in [-0.4, -0.2) is 64.9 Å². The van der Waals surface area contributed by atoms with Gasteiger partial charge in [-0.05, 0) is 79.8 Å². The molecule has 9 heteroatoms. The van der Waals surface area contributed by atoms with Gasteiger partial charge in [0.25, 0.3) is 11.8 Å². The first-order valence-corrected chi connectivity index (χ1v) is 13.7. The molecular formula is C31H32FN5O3. The molecule has 3 aromatic rings. The van der Waals surface area contributed by atoms with E-state index in [2.05, 4.69) is 21.3 Å². The second kappa shape index (κ2) is 12.7. The van der Waals surface area contributed by atoms with E-state index >= 15 is 0 Å². The lowest BCUT2D eigenvalue weighted by molar-refractivity contribution is 0.0622. The van der Waals surface area contributed by atoms with Crippen molar-refractivity contribution in [2.45, 2.75) is 44.4 Å². The van der Waals surface area contributed by atoms with Crippen LogP contribution in [0.5, 0.6) is 5.75 Å². The smallest absolute Gasteiger partial charge is 0.272 e. The van der Waals surface area contributed by atoms with Crippen LogP contribution in [-0.2, 0) is 6.54 Å². The number of carbonyl (C=O) groups excluding carboxylic acids is 2. The summed E-state index contributed by atoms with van der Waals surface area (Å²) >= 11 is 0. The van der Waals surface area contributed by atoms with Gasteiger partial charge < -0.3 is 15.0 Å². The summed E-state index contributed by atoms with van der Waals surface area (Å²) in [5.41, 5.74) is 2.39. The number of carbonyl (C=O) groups is 2. The van der Waals surface area contributed by atoms with Crippen molar-refractivity contribution in [1.82, 2.24) is 20.1 Å². The SMILES string of the molecule is N#Cc1ccc(O[C@H]2CC[C@@H](NC(=O)c3ccc(C(=O)N4CCN(Cc5ccc(F)cc5)CC4)nc3)CC2)cc1. The number of pyridine rings is 1. The summed E-state index contributed by atoms with van der Waals surface area (Å²) in [6.45, 7) is 3.34. The number of nitrogens with one attached hydrogen (secondary N) is 1. The summed E-state index contributed by atoms with van der Waals surface area (Å²) in [5, 5.41) is 12.0. The molecule has 5 rings (SSSR count). The molecule has 1 N–H and O–H groups in total. The molecule has 1 saturated heterocycles. The Bertz CT molecular complexity index is 1340. The van der Waals surface area contributed by atoms with Crippen LogP contribution in [0, 0.1) is 17.1 Å². The van der Waals surface area contributed by atoms with Gasteiger partial charge in [0.1, 0.15) is 17.3 Å². The molecule has 0 spiro atoms.